The lowest BCUT2D eigenvalue weighted by Gasteiger charge is -2.17. The Hall–Kier alpha value is -2.53. The van der Waals surface area contributed by atoms with Gasteiger partial charge in [-0.3, -0.25) is 4.79 Å². The van der Waals surface area contributed by atoms with Crippen LogP contribution >= 0.6 is 11.3 Å². The summed E-state index contributed by atoms with van der Waals surface area (Å²) in [5.74, 6) is 0.0944. The second-order valence-electron chi connectivity index (χ2n) is 6.80. The molecule has 2 heterocycles. The molecule has 1 aromatic carbocycles. The molecule has 10 heteroatoms. The number of hydrogen-bond donors (Lipinski definition) is 3. The zero-order chi connectivity index (χ0) is 20.8. The van der Waals surface area contributed by atoms with Gasteiger partial charge in [-0.15, -0.1) is 0 Å². The van der Waals surface area contributed by atoms with Crippen molar-refractivity contribution in [2.24, 2.45) is 0 Å². The molecule has 0 unspecified atom stereocenters. The van der Waals surface area contributed by atoms with Crippen molar-refractivity contribution in [1.29, 1.82) is 0 Å². The number of carbonyl (C=O) groups is 1. The smallest absolute Gasteiger partial charge is 0.274 e. The van der Waals surface area contributed by atoms with Crippen molar-refractivity contribution in [2.45, 2.75) is 37.5 Å². The van der Waals surface area contributed by atoms with Gasteiger partial charge in [0.25, 0.3) is 10.0 Å². The number of aliphatic hydroxyl groups is 1. The highest BCUT2D eigenvalue weighted by Crippen LogP contribution is 2.36. The number of aryl methyl sites for hydroxylation is 1. The van der Waals surface area contributed by atoms with Crippen LogP contribution in [0.1, 0.15) is 29.8 Å². The van der Waals surface area contributed by atoms with E-state index in [9.17, 15) is 18.3 Å². The number of sulfonamides is 1. The lowest BCUT2D eigenvalue weighted by molar-refractivity contribution is -0.114. The third kappa shape index (κ3) is 3.84. The summed E-state index contributed by atoms with van der Waals surface area (Å²) in [6.07, 6.45) is -0.459. The second-order valence-corrected chi connectivity index (χ2v) is 9.45. The Morgan fingerprint density at radius 1 is 1.28 bits per heavy atom. The van der Waals surface area contributed by atoms with Crippen LogP contribution in [-0.2, 0) is 21.2 Å². The molecule has 0 fully saturated rings. The highest BCUT2D eigenvalue weighted by Gasteiger charge is 2.35. The number of rotatable bonds is 5. The molecular weight excluding hydrogens is 414 g/mol. The lowest BCUT2D eigenvalue weighted by Crippen LogP contribution is -2.33. The maximum Gasteiger partial charge on any atom is 0.274 e. The van der Waals surface area contributed by atoms with Crippen LogP contribution in [-0.4, -0.2) is 30.5 Å². The van der Waals surface area contributed by atoms with Gasteiger partial charge in [0.1, 0.15) is 5.76 Å². The van der Waals surface area contributed by atoms with Crippen LogP contribution in [0.25, 0.3) is 10.6 Å². The fourth-order valence-electron chi connectivity index (χ4n) is 3.36. The highest BCUT2D eigenvalue weighted by molar-refractivity contribution is 7.89. The molecule has 29 heavy (non-hydrogen) atoms. The van der Waals surface area contributed by atoms with Crippen molar-refractivity contribution in [3.8, 4) is 10.6 Å². The van der Waals surface area contributed by atoms with Crippen LogP contribution in [0.3, 0.4) is 0 Å². The Morgan fingerprint density at radius 2 is 2.03 bits per heavy atom. The minimum atomic E-state index is -3.99. The van der Waals surface area contributed by atoms with Gasteiger partial charge < -0.3 is 14.8 Å². The van der Waals surface area contributed by atoms with E-state index in [1.165, 1.54) is 24.3 Å². The Bertz CT molecular complexity index is 1180. The number of amides is 1. The van der Waals surface area contributed by atoms with E-state index in [0.717, 1.165) is 11.1 Å². The number of carbonyl (C=O) groups excluding carboxylic acids is 1. The molecule has 0 bridgehead atoms. The van der Waals surface area contributed by atoms with Gasteiger partial charge in [0.05, 0.1) is 22.7 Å². The van der Waals surface area contributed by atoms with Crippen LogP contribution in [0.15, 0.2) is 45.9 Å². The zero-order valence-electron chi connectivity index (χ0n) is 15.7. The number of furan rings is 1. The van der Waals surface area contributed by atoms with Gasteiger partial charge in [0, 0.05) is 13.3 Å². The van der Waals surface area contributed by atoms with Crippen LogP contribution < -0.4 is 10.0 Å². The summed E-state index contributed by atoms with van der Waals surface area (Å²) in [6.45, 7) is 3.13. The van der Waals surface area contributed by atoms with Gasteiger partial charge in [0.2, 0.25) is 11.0 Å². The zero-order valence-corrected chi connectivity index (χ0v) is 17.3. The lowest BCUT2D eigenvalue weighted by atomic mass is 10.1. The standard InChI is InChI=1S/C19H19N3O5S2/c1-10-18(28-19(20-10)21-11(2)23)15-7-8-16(27-15)29(25,26)22-17-13-6-4-3-5-12(13)9-14(17)24/h3-8,14,17,22,24H,9H2,1-2H3,(H,20,21,23)/t14-,17+/m0/s1. The van der Waals surface area contributed by atoms with E-state index < -0.39 is 22.2 Å². The fraction of sp³-hybridized carbons (Fsp3) is 0.263. The predicted octanol–water partition coefficient (Wildman–Crippen LogP) is 2.61. The first-order valence-electron chi connectivity index (χ1n) is 8.88. The number of thiazole rings is 1. The number of fused-ring (bicyclic) bond motifs is 1. The van der Waals surface area contributed by atoms with E-state index in [4.69, 9.17) is 4.42 Å². The number of hydrogen-bond acceptors (Lipinski definition) is 7. The molecule has 2 atom stereocenters. The Labute approximate surface area is 171 Å². The number of benzene rings is 1. The first kappa shape index (κ1) is 19.8. The molecule has 3 aromatic rings. The Morgan fingerprint density at radius 3 is 2.79 bits per heavy atom. The topological polar surface area (TPSA) is 122 Å². The molecule has 0 aliphatic heterocycles. The summed E-state index contributed by atoms with van der Waals surface area (Å²) in [5, 5.41) is 13.1. The molecule has 1 amide bonds. The monoisotopic (exact) mass is 433 g/mol. The molecule has 0 radical (unpaired) electrons. The van der Waals surface area contributed by atoms with Crippen molar-refractivity contribution in [1.82, 2.24) is 9.71 Å². The maximum absolute atomic E-state index is 12.8. The van der Waals surface area contributed by atoms with E-state index in [1.54, 1.807) is 19.1 Å². The number of nitrogens with one attached hydrogen (secondary N) is 2. The maximum atomic E-state index is 12.8. The first-order valence-corrected chi connectivity index (χ1v) is 11.2. The quantitative estimate of drug-likeness (QED) is 0.569. The van der Waals surface area contributed by atoms with Gasteiger partial charge in [0.15, 0.2) is 5.13 Å². The fourth-order valence-corrected chi connectivity index (χ4v) is 5.51. The van der Waals surface area contributed by atoms with Crippen LogP contribution in [0, 0.1) is 6.92 Å². The van der Waals surface area contributed by atoms with Crippen LogP contribution in [0.4, 0.5) is 5.13 Å². The SMILES string of the molecule is CC(=O)Nc1nc(C)c(-c2ccc(S(=O)(=O)N[C@@H]3c4ccccc4C[C@@H]3O)o2)s1. The minimum Gasteiger partial charge on any atom is -0.442 e. The van der Waals surface area contributed by atoms with Crippen LogP contribution in [0.2, 0.25) is 0 Å². The molecule has 0 saturated carbocycles. The summed E-state index contributed by atoms with van der Waals surface area (Å²) < 4.78 is 33.8. The van der Waals surface area contributed by atoms with Crippen molar-refractivity contribution >= 4 is 32.4 Å². The third-order valence-corrected chi connectivity index (χ3v) is 7.04. The van der Waals surface area contributed by atoms with Gasteiger partial charge in [-0.05, 0) is 30.2 Å². The molecule has 2 aromatic heterocycles. The second kappa shape index (κ2) is 7.38. The van der Waals surface area contributed by atoms with E-state index in [-0.39, 0.29) is 11.0 Å². The average molecular weight is 434 g/mol. The highest BCUT2D eigenvalue weighted by atomic mass is 32.2. The van der Waals surface area contributed by atoms with Crippen molar-refractivity contribution in [3.05, 3.63) is 53.2 Å². The summed E-state index contributed by atoms with van der Waals surface area (Å²) in [4.78, 5) is 16.1. The normalized spacial score (nSPS) is 18.6. The predicted molar refractivity (Wildman–Crippen MR) is 108 cm³/mol. The third-order valence-electron chi connectivity index (χ3n) is 4.64. The van der Waals surface area contributed by atoms with Gasteiger partial charge in [-0.2, -0.15) is 4.72 Å². The first-order chi connectivity index (χ1) is 13.7. The largest absolute Gasteiger partial charge is 0.442 e. The van der Waals surface area contributed by atoms with E-state index >= 15 is 0 Å². The Kier molecular flexibility index (Phi) is 5.03. The van der Waals surface area contributed by atoms with Crippen molar-refractivity contribution < 1.29 is 22.7 Å². The van der Waals surface area contributed by atoms with Crippen LogP contribution in [0.5, 0.6) is 0 Å². The molecule has 0 spiro atoms. The number of nitrogens with zero attached hydrogens (tertiary/aromatic N) is 1. The van der Waals surface area contributed by atoms with Crippen molar-refractivity contribution in [2.75, 3.05) is 5.32 Å². The van der Waals surface area contributed by atoms with Gasteiger partial charge in [-0.1, -0.05) is 35.6 Å². The van der Waals surface area contributed by atoms with E-state index in [0.29, 0.717) is 27.9 Å². The summed E-state index contributed by atoms with van der Waals surface area (Å²) >= 11 is 1.20. The minimum absolute atomic E-state index is 0.243. The molecule has 4 rings (SSSR count). The molecule has 0 saturated heterocycles. The molecule has 1 aliphatic rings. The van der Waals surface area contributed by atoms with Crippen molar-refractivity contribution in [3.63, 3.8) is 0 Å². The molecule has 8 nitrogen and oxygen atoms in total. The number of anilines is 1. The van der Waals surface area contributed by atoms with Gasteiger partial charge >= 0.3 is 0 Å². The number of aromatic nitrogens is 1. The summed E-state index contributed by atoms with van der Waals surface area (Å²) in [5.41, 5.74) is 2.29. The Balaban J connectivity index is 1.59. The average Bonchev–Trinajstić information content (AvgIpc) is 3.33. The molecule has 1 aliphatic carbocycles. The van der Waals surface area contributed by atoms with Gasteiger partial charge in [-0.25, -0.2) is 13.4 Å². The number of aliphatic hydroxyl groups excluding tert-OH is 1. The molecule has 152 valence electrons. The molecular formula is C19H19N3O5S2. The van der Waals surface area contributed by atoms with E-state index in [2.05, 4.69) is 15.0 Å². The molecule has 3 N–H and O–H groups in total. The summed E-state index contributed by atoms with van der Waals surface area (Å²) in [6, 6.07) is 9.51. The summed E-state index contributed by atoms with van der Waals surface area (Å²) in [7, 11) is -3.99. The van der Waals surface area contributed by atoms with E-state index in [1.807, 2.05) is 18.2 Å².